The van der Waals surface area contributed by atoms with Crippen LogP contribution in [0.4, 0.5) is 13.2 Å². The zero-order chi connectivity index (χ0) is 19.0. The number of nitrogens with zero attached hydrogens (tertiary/aromatic N) is 2. The van der Waals surface area contributed by atoms with Crippen molar-refractivity contribution in [1.82, 2.24) is 15.6 Å². The summed E-state index contributed by atoms with van der Waals surface area (Å²) in [4.78, 5) is 8.38. The zero-order valence-electron chi connectivity index (χ0n) is 15.0. The number of methoxy groups -OCH3 is 1. The fourth-order valence-corrected chi connectivity index (χ4v) is 2.22. The van der Waals surface area contributed by atoms with Crippen LogP contribution in [0.3, 0.4) is 0 Å². The fraction of sp³-hybridized carbons (Fsp3) is 0.333. The summed E-state index contributed by atoms with van der Waals surface area (Å²) in [7, 11) is 1.54. The number of hydrogen-bond acceptors (Lipinski definition) is 3. The van der Waals surface area contributed by atoms with Gasteiger partial charge in [-0.05, 0) is 36.2 Å². The van der Waals surface area contributed by atoms with Crippen LogP contribution < -0.4 is 15.4 Å². The van der Waals surface area contributed by atoms with E-state index in [1.54, 1.807) is 25.4 Å². The predicted octanol–water partition coefficient (Wildman–Crippen LogP) is 3.98. The van der Waals surface area contributed by atoms with Crippen molar-refractivity contribution in [3.63, 3.8) is 0 Å². The Bertz CT molecular complexity index is 753. The number of ether oxygens (including phenoxy) is 1. The predicted molar refractivity (Wildman–Crippen MR) is 109 cm³/mol. The molecule has 0 atom stereocenters. The third-order valence-corrected chi connectivity index (χ3v) is 3.49. The van der Waals surface area contributed by atoms with Gasteiger partial charge in [-0.3, -0.25) is 0 Å². The molecule has 0 amide bonds. The molecule has 1 aromatic carbocycles. The Hall–Kier alpha value is -2.04. The summed E-state index contributed by atoms with van der Waals surface area (Å²) in [6, 6.07) is 8.80. The Kier molecular flexibility index (Phi) is 9.33. The standard InChI is InChI=1S/C18H21F3N4O.HI/c1-3-22-17(25-12-14-7-8-23-16(10-14)26-2)24-11-13-5-4-6-15(9-13)18(19,20)21;/h4-10H,3,11-12H2,1-2H3,(H2,22,24,25);1H. The Morgan fingerprint density at radius 2 is 1.93 bits per heavy atom. The van der Waals surface area contributed by atoms with Crippen molar-refractivity contribution in [2.45, 2.75) is 26.2 Å². The average molecular weight is 494 g/mol. The molecule has 0 aliphatic heterocycles. The van der Waals surface area contributed by atoms with Crippen LogP contribution in [0.15, 0.2) is 47.6 Å². The average Bonchev–Trinajstić information content (AvgIpc) is 2.63. The molecule has 27 heavy (non-hydrogen) atoms. The van der Waals surface area contributed by atoms with Crippen LogP contribution in [0.25, 0.3) is 0 Å². The van der Waals surface area contributed by atoms with Gasteiger partial charge in [-0.25, -0.2) is 9.98 Å². The van der Waals surface area contributed by atoms with Gasteiger partial charge in [0.2, 0.25) is 5.88 Å². The highest BCUT2D eigenvalue weighted by Crippen LogP contribution is 2.29. The first kappa shape index (κ1) is 23.0. The number of aliphatic imine (C=N–C) groups is 1. The Labute approximate surface area is 173 Å². The van der Waals surface area contributed by atoms with E-state index in [4.69, 9.17) is 4.74 Å². The molecule has 0 saturated carbocycles. The highest BCUT2D eigenvalue weighted by atomic mass is 127. The van der Waals surface area contributed by atoms with E-state index in [1.807, 2.05) is 13.0 Å². The topological polar surface area (TPSA) is 58.5 Å². The van der Waals surface area contributed by atoms with Crippen molar-refractivity contribution in [3.05, 3.63) is 59.3 Å². The summed E-state index contributed by atoms with van der Waals surface area (Å²) in [6.45, 7) is 3.16. The van der Waals surface area contributed by atoms with Crippen molar-refractivity contribution in [3.8, 4) is 5.88 Å². The maximum absolute atomic E-state index is 12.8. The van der Waals surface area contributed by atoms with E-state index < -0.39 is 11.7 Å². The molecule has 0 unspecified atom stereocenters. The van der Waals surface area contributed by atoms with E-state index in [0.29, 0.717) is 30.5 Å². The van der Waals surface area contributed by atoms with Gasteiger partial charge in [0.25, 0.3) is 0 Å². The van der Waals surface area contributed by atoms with Crippen LogP contribution >= 0.6 is 24.0 Å². The van der Waals surface area contributed by atoms with Crippen LogP contribution in [-0.4, -0.2) is 24.6 Å². The Morgan fingerprint density at radius 1 is 1.15 bits per heavy atom. The molecular weight excluding hydrogens is 472 g/mol. The van der Waals surface area contributed by atoms with Gasteiger partial charge in [0.05, 0.1) is 19.2 Å². The second-order valence-corrected chi connectivity index (χ2v) is 5.45. The van der Waals surface area contributed by atoms with E-state index in [1.165, 1.54) is 6.07 Å². The van der Waals surface area contributed by atoms with Crippen molar-refractivity contribution in [2.75, 3.05) is 13.7 Å². The molecule has 2 aromatic rings. The van der Waals surface area contributed by atoms with Crippen molar-refractivity contribution < 1.29 is 17.9 Å². The third kappa shape index (κ3) is 7.61. The van der Waals surface area contributed by atoms with E-state index in [0.717, 1.165) is 17.7 Å². The molecule has 2 N–H and O–H groups in total. The summed E-state index contributed by atoms with van der Waals surface area (Å²) in [6.07, 6.45) is -2.72. The number of nitrogens with one attached hydrogen (secondary N) is 2. The molecule has 0 radical (unpaired) electrons. The van der Waals surface area contributed by atoms with Gasteiger partial charge in [0, 0.05) is 25.4 Å². The molecule has 1 aromatic heterocycles. The molecule has 0 bridgehead atoms. The molecule has 0 aliphatic rings. The summed E-state index contributed by atoms with van der Waals surface area (Å²) in [5, 5.41) is 6.20. The number of alkyl halides is 3. The number of guanidine groups is 1. The summed E-state index contributed by atoms with van der Waals surface area (Å²) >= 11 is 0. The smallest absolute Gasteiger partial charge is 0.416 e. The first-order chi connectivity index (χ1) is 12.4. The lowest BCUT2D eigenvalue weighted by atomic mass is 10.1. The maximum atomic E-state index is 12.8. The molecule has 1 heterocycles. The van der Waals surface area contributed by atoms with Crippen LogP contribution in [0.5, 0.6) is 5.88 Å². The molecule has 0 saturated heterocycles. The van der Waals surface area contributed by atoms with Crippen molar-refractivity contribution >= 4 is 29.9 Å². The minimum atomic E-state index is -4.36. The van der Waals surface area contributed by atoms with Crippen molar-refractivity contribution in [1.29, 1.82) is 0 Å². The molecule has 2 rings (SSSR count). The molecular formula is C18H22F3IN4O. The van der Waals surface area contributed by atoms with Crippen molar-refractivity contribution in [2.24, 2.45) is 4.99 Å². The highest BCUT2D eigenvalue weighted by molar-refractivity contribution is 14.0. The summed E-state index contributed by atoms with van der Waals surface area (Å²) < 4.78 is 43.4. The van der Waals surface area contributed by atoms with E-state index in [-0.39, 0.29) is 30.5 Å². The maximum Gasteiger partial charge on any atom is 0.416 e. The number of pyridine rings is 1. The quantitative estimate of drug-likeness (QED) is 0.363. The first-order valence-corrected chi connectivity index (χ1v) is 8.09. The van der Waals surface area contributed by atoms with Gasteiger partial charge in [-0.15, -0.1) is 24.0 Å². The van der Waals surface area contributed by atoms with E-state index in [9.17, 15) is 13.2 Å². The van der Waals surface area contributed by atoms with E-state index >= 15 is 0 Å². The number of rotatable bonds is 6. The minimum absolute atomic E-state index is 0. The van der Waals surface area contributed by atoms with Gasteiger partial charge < -0.3 is 15.4 Å². The normalized spacial score (nSPS) is 11.5. The molecule has 0 spiro atoms. The lowest BCUT2D eigenvalue weighted by Gasteiger charge is -2.12. The number of benzene rings is 1. The fourth-order valence-electron chi connectivity index (χ4n) is 2.22. The van der Waals surface area contributed by atoms with Crippen LogP contribution in [0.1, 0.15) is 23.6 Å². The molecule has 0 fully saturated rings. The lowest BCUT2D eigenvalue weighted by Crippen LogP contribution is -2.36. The zero-order valence-corrected chi connectivity index (χ0v) is 17.3. The van der Waals surface area contributed by atoms with Crippen LogP contribution in [-0.2, 0) is 19.3 Å². The largest absolute Gasteiger partial charge is 0.481 e. The Morgan fingerprint density at radius 3 is 2.59 bits per heavy atom. The van der Waals surface area contributed by atoms with Crippen LogP contribution in [0.2, 0.25) is 0 Å². The second kappa shape index (κ2) is 11.0. The number of halogens is 4. The second-order valence-electron chi connectivity index (χ2n) is 5.45. The molecule has 5 nitrogen and oxygen atoms in total. The van der Waals surface area contributed by atoms with Crippen LogP contribution in [0, 0.1) is 0 Å². The minimum Gasteiger partial charge on any atom is -0.481 e. The third-order valence-electron chi connectivity index (χ3n) is 3.49. The number of aromatic nitrogens is 1. The lowest BCUT2D eigenvalue weighted by molar-refractivity contribution is -0.137. The van der Waals surface area contributed by atoms with Gasteiger partial charge in [-0.2, -0.15) is 13.2 Å². The number of hydrogen-bond donors (Lipinski definition) is 2. The Balaban J connectivity index is 0.00000364. The molecule has 9 heteroatoms. The first-order valence-electron chi connectivity index (χ1n) is 8.09. The van der Waals surface area contributed by atoms with Gasteiger partial charge in [-0.1, -0.05) is 12.1 Å². The molecule has 0 aliphatic carbocycles. The van der Waals surface area contributed by atoms with Gasteiger partial charge >= 0.3 is 6.18 Å². The van der Waals surface area contributed by atoms with Gasteiger partial charge in [0.15, 0.2) is 5.96 Å². The highest BCUT2D eigenvalue weighted by Gasteiger charge is 2.30. The van der Waals surface area contributed by atoms with E-state index in [2.05, 4.69) is 20.6 Å². The van der Waals surface area contributed by atoms with Gasteiger partial charge in [0.1, 0.15) is 0 Å². The molecule has 148 valence electrons. The summed E-state index contributed by atoms with van der Waals surface area (Å²) in [5.74, 6) is 1.02. The SMILES string of the molecule is CCNC(=NCc1cccc(C(F)(F)F)c1)NCc1ccnc(OC)c1.I. The summed E-state index contributed by atoms with van der Waals surface area (Å²) in [5.41, 5.74) is 0.760. The monoisotopic (exact) mass is 494 g/mol.